The van der Waals surface area contributed by atoms with E-state index in [1.165, 1.54) is 5.56 Å². The molecule has 22 heavy (non-hydrogen) atoms. The van der Waals surface area contributed by atoms with Crippen molar-refractivity contribution in [2.24, 2.45) is 11.7 Å². The standard InChI is InChI=1S/C18H29N3O/c1-14(2)17(19)18(22)21-11-9-16(10-12-21)20(3)13-15-7-5-4-6-8-15/h4-8,14,16-17H,9-13,19H2,1-3H3. The summed E-state index contributed by atoms with van der Waals surface area (Å²) in [5.74, 6) is 0.310. The average molecular weight is 303 g/mol. The molecule has 0 aliphatic carbocycles. The zero-order valence-corrected chi connectivity index (χ0v) is 14.0. The number of rotatable bonds is 5. The van der Waals surface area contributed by atoms with Gasteiger partial charge in [-0.15, -0.1) is 0 Å². The van der Waals surface area contributed by atoms with Crippen LogP contribution >= 0.6 is 0 Å². The second-order valence-corrected chi connectivity index (χ2v) is 6.73. The van der Waals surface area contributed by atoms with Gasteiger partial charge in [0.15, 0.2) is 0 Å². The molecule has 1 amide bonds. The Kier molecular flexibility index (Phi) is 5.98. The molecule has 2 rings (SSSR count). The summed E-state index contributed by atoms with van der Waals surface area (Å²) in [6, 6.07) is 10.7. The first kappa shape index (κ1) is 17.0. The zero-order valence-electron chi connectivity index (χ0n) is 14.0. The summed E-state index contributed by atoms with van der Waals surface area (Å²) in [7, 11) is 2.18. The molecule has 0 radical (unpaired) electrons. The van der Waals surface area contributed by atoms with Gasteiger partial charge in [-0.2, -0.15) is 0 Å². The van der Waals surface area contributed by atoms with Gasteiger partial charge < -0.3 is 10.6 Å². The van der Waals surface area contributed by atoms with E-state index in [2.05, 4.69) is 36.2 Å². The molecule has 1 aromatic carbocycles. The van der Waals surface area contributed by atoms with Crippen LogP contribution in [-0.2, 0) is 11.3 Å². The summed E-state index contributed by atoms with van der Waals surface area (Å²) >= 11 is 0. The van der Waals surface area contributed by atoms with E-state index in [0.29, 0.717) is 6.04 Å². The molecule has 1 saturated heterocycles. The molecule has 0 spiro atoms. The SMILES string of the molecule is CC(C)C(N)C(=O)N1CCC(N(C)Cc2ccccc2)CC1. The second kappa shape index (κ2) is 7.75. The molecule has 1 aliphatic heterocycles. The highest BCUT2D eigenvalue weighted by Gasteiger charge is 2.29. The number of benzene rings is 1. The molecule has 0 aromatic heterocycles. The topological polar surface area (TPSA) is 49.6 Å². The largest absolute Gasteiger partial charge is 0.341 e. The lowest BCUT2D eigenvalue weighted by molar-refractivity contribution is -0.135. The maximum atomic E-state index is 12.3. The highest BCUT2D eigenvalue weighted by Crippen LogP contribution is 2.18. The maximum Gasteiger partial charge on any atom is 0.239 e. The van der Waals surface area contributed by atoms with Gasteiger partial charge in [-0.25, -0.2) is 0 Å². The minimum atomic E-state index is -0.362. The molecule has 1 heterocycles. The Morgan fingerprint density at radius 1 is 1.27 bits per heavy atom. The molecule has 122 valence electrons. The van der Waals surface area contributed by atoms with Gasteiger partial charge in [0.2, 0.25) is 5.91 Å². The van der Waals surface area contributed by atoms with Crippen molar-refractivity contribution in [3.8, 4) is 0 Å². The van der Waals surface area contributed by atoms with Crippen LogP contribution in [0.4, 0.5) is 0 Å². The number of hydrogen-bond donors (Lipinski definition) is 1. The van der Waals surface area contributed by atoms with E-state index in [1.807, 2.05) is 24.8 Å². The van der Waals surface area contributed by atoms with E-state index in [0.717, 1.165) is 32.5 Å². The van der Waals surface area contributed by atoms with Crippen molar-refractivity contribution in [2.75, 3.05) is 20.1 Å². The molecule has 1 aromatic rings. The molecule has 4 nitrogen and oxygen atoms in total. The Bertz CT molecular complexity index is 466. The number of nitrogens with zero attached hydrogens (tertiary/aromatic N) is 2. The van der Waals surface area contributed by atoms with Gasteiger partial charge in [-0.3, -0.25) is 9.69 Å². The van der Waals surface area contributed by atoms with Crippen molar-refractivity contribution in [2.45, 2.75) is 45.3 Å². The normalized spacial score (nSPS) is 18.0. The molecule has 1 fully saturated rings. The summed E-state index contributed by atoms with van der Waals surface area (Å²) in [6.45, 7) is 6.61. The molecule has 0 saturated carbocycles. The number of piperidine rings is 1. The van der Waals surface area contributed by atoms with E-state index in [1.54, 1.807) is 0 Å². The molecule has 1 aliphatic rings. The maximum absolute atomic E-state index is 12.3. The third kappa shape index (κ3) is 4.31. The number of amides is 1. The van der Waals surface area contributed by atoms with Crippen LogP contribution in [-0.4, -0.2) is 47.9 Å². The monoisotopic (exact) mass is 303 g/mol. The average Bonchev–Trinajstić information content (AvgIpc) is 2.54. The molecule has 1 unspecified atom stereocenters. The predicted octanol–water partition coefficient (Wildman–Crippen LogP) is 2.09. The van der Waals surface area contributed by atoms with Crippen molar-refractivity contribution in [1.82, 2.24) is 9.80 Å². The first-order valence-electron chi connectivity index (χ1n) is 8.27. The van der Waals surface area contributed by atoms with E-state index >= 15 is 0 Å². The van der Waals surface area contributed by atoms with Crippen LogP contribution in [0.2, 0.25) is 0 Å². The van der Waals surface area contributed by atoms with E-state index < -0.39 is 0 Å². The molecule has 1 atom stereocenters. The molecule has 4 heteroatoms. The third-order valence-electron chi connectivity index (χ3n) is 4.68. The van der Waals surface area contributed by atoms with Crippen molar-refractivity contribution < 1.29 is 4.79 Å². The van der Waals surface area contributed by atoms with E-state index in [9.17, 15) is 4.79 Å². The van der Waals surface area contributed by atoms with Crippen molar-refractivity contribution in [1.29, 1.82) is 0 Å². The van der Waals surface area contributed by atoms with Gasteiger partial charge in [-0.05, 0) is 31.4 Å². The van der Waals surface area contributed by atoms with Crippen LogP contribution in [0.5, 0.6) is 0 Å². The molecule has 2 N–H and O–H groups in total. The summed E-state index contributed by atoms with van der Waals surface area (Å²) in [6.07, 6.45) is 2.06. The first-order valence-corrected chi connectivity index (χ1v) is 8.27. The number of hydrogen-bond acceptors (Lipinski definition) is 3. The summed E-state index contributed by atoms with van der Waals surface area (Å²) in [4.78, 5) is 16.6. The number of carbonyl (C=O) groups is 1. The van der Waals surface area contributed by atoms with E-state index in [-0.39, 0.29) is 17.9 Å². The molecular weight excluding hydrogens is 274 g/mol. The number of carbonyl (C=O) groups excluding carboxylic acids is 1. The fourth-order valence-corrected chi connectivity index (χ4v) is 3.02. The lowest BCUT2D eigenvalue weighted by atomic mass is 9.99. The van der Waals surface area contributed by atoms with Crippen LogP contribution < -0.4 is 5.73 Å². The number of likely N-dealkylation sites (tertiary alicyclic amines) is 1. The summed E-state index contributed by atoms with van der Waals surface area (Å²) in [5, 5.41) is 0. The minimum Gasteiger partial charge on any atom is -0.341 e. The quantitative estimate of drug-likeness (QED) is 0.906. The molecular formula is C18H29N3O. The van der Waals surface area contributed by atoms with Crippen molar-refractivity contribution in [3.05, 3.63) is 35.9 Å². The van der Waals surface area contributed by atoms with Gasteiger partial charge in [0.1, 0.15) is 0 Å². The minimum absolute atomic E-state index is 0.110. The third-order valence-corrected chi connectivity index (χ3v) is 4.68. The van der Waals surface area contributed by atoms with Crippen LogP contribution in [0.15, 0.2) is 30.3 Å². The fraction of sp³-hybridized carbons (Fsp3) is 0.611. The predicted molar refractivity (Wildman–Crippen MR) is 90.3 cm³/mol. The lowest BCUT2D eigenvalue weighted by Crippen LogP contribution is -2.51. The molecule has 0 bridgehead atoms. The second-order valence-electron chi connectivity index (χ2n) is 6.73. The van der Waals surface area contributed by atoms with Crippen molar-refractivity contribution in [3.63, 3.8) is 0 Å². The van der Waals surface area contributed by atoms with Gasteiger partial charge in [0.05, 0.1) is 6.04 Å². The van der Waals surface area contributed by atoms with Crippen LogP contribution in [0.1, 0.15) is 32.3 Å². The van der Waals surface area contributed by atoms with Gasteiger partial charge in [0.25, 0.3) is 0 Å². The van der Waals surface area contributed by atoms with Crippen LogP contribution in [0.3, 0.4) is 0 Å². The zero-order chi connectivity index (χ0) is 16.1. The summed E-state index contributed by atoms with van der Waals surface area (Å²) in [5.41, 5.74) is 7.32. The van der Waals surface area contributed by atoms with E-state index in [4.69, 9.17) is 5.73 Å². The van der Waals surface area contributed by atoms with Gasteiger partial charge in [-0.1, -0.05) is 44.2 Å². The smallest absolute Gasteiger partial charge is 0.239 e. The Morgan fingerprint density at radius 2 is 1.86 bits per heavy atom. The van der Waals surface area contributed by atoms with Crippen molar-refractivity contribution >= 4 is 5.91 Å². The number of nitrogens with two attached hydrogens (primary N) is 1. The highest BCUT2D eigenvalue weighted by molar-refractivity contribution is 5.82. The Balaban J connectivity index is 1.83. The lowest BCUT2D eigenvalue weighted by Gasteiger charge is -2.38. The van der Waals surface area contributed by atoms with Gasteiger partial charge >= 0.3 is 0 Å². The summed E-state index contributed by atoms with van der Waals surface area (Å²) < 4.78 is 0. The van der Waals surface area contributed by atoms with Gasteiger partial charge in [0, 0.05) is 25.7 Å². The first-order chi connectivity index (χ1) is 10.5. The van der Waals surface area contributed by atoms with Crippen LogP contribution in [0, 0.1) is 5.92 Å². The van der Waals surface area contributed by atoms with Crippen LogP contribution in [0.25, 0.3) is 0 Å². The Labute approximate surface area is 134 Å². The Hall–Kier alpha value is -1.39. The fourth-order valence-electron chi connectivity index (χ4n) is 3.02. The highest BCUT2D eigenvalue weighted by atomic mass is 16.2. The Morgan fingerprint density at radius 3 is 2.41 bits per heavy atom.